The number of carbonyl (C=O) groups excluding carboxylic acids is 1. The van der Waals surface area contributed by atoms with Crippen LogP contribution in [0.3, 0.4) is 0 Å². The third kappa shape index (κ3) is 2.88. The lowest BCUT2D eigenvalue weighted by atomic mass is 10.0. The second kappa shape index (κ2) is 5.48. The van der Waals surface area contributed by atoms with Crippen molar-refractivity contribution in [2.24, 2.45) is 5.73 Å². The van der Waals surface area contributed by atoms with Crippen LogP contribution >= 0.6 is 0 Å². The highest BCUT2D eigenvalue weighted by Gasteiger charge is 2.30. The van der Waals surface area contributed by atoms with E-state index in [0.717, 1.165) is 24.9 Å². The third-order valence-corrected chi connectivity index (χ3v) is 3.41. The molecule has 4 heteroatoms. The van der Waals surface area contributed by atoms with Gasteiger partial charge in [0.15, 0.2) is 0 Å². The molecule has 1 heterocycles. The predicted molar refractivity (Wildman–Crippen MR) is 68.5 cm³/mol. The first-order valence-corrected chi connectivity index (χ1v) is 6.38. The maximum Gasteiger partial charge on any atom is 0.239 e. The van der Waals surface area contributed by atoms with Crippen LogP contribution in [0.4, 0.5) is 4.39 Å². The molecule has 2 rings (SSSR count). The van der Waals surface area contributed by atoms with Crippen molar-refractivity contribution in [3.05, 3.63) is 35.6 Å². The third-order valence-electron chi connectivity index (χ3n) is 3.41. The first-order valence-electron chi connectivity index (χ1n) is 6.38. The van der Waals surface area contributed by atoms with Gasteiger partial charge in [-0.1, -0.05) is 12.1 Å². The second-order valence-electron chi connectivity index (χ2n) is 4.95. The molecule has 2 N–H and O–H groups in total. The van der Waals surface area contributed by atoms with Crippen molar-refractivity contribution in [1.29, 1.82) is 0 Å². The fourth-order valence-corrected chi connectivity index (χ4v) is 2.54. The van der Waals surface area contributed by atoms with E-state index < -0.39 is 6.04 Å². The van der Waals surface area contributed by atoms with E-state index >= 15 is 0 Å². The van der Waals surface area contributed by atoms with Crippen molar-refractivity contribution in [3.8, 4) is 0 Å². The van der Waals surface area contributed by atoms with Gasteiger partial charge in [0.25, 0.3) is 0 Å². The summed E-state index contributed by atoms with van der Waals surface area (Å²) in [6.07, 6.45) is 2.67. The van der Waals surface area contributed by atoms with Gasteiger partial charge in [0, 0.05) is 12.6 Å². The van der Waals surface area contributed by atoms with Crippen LogP contribution in [0, 0.1) is 5.82 Å². The van der Waals surface area contributed by atoms with Crippen LogP contribution in [0.5, 0.6) is 0 Å². The lowest BCUT2D eigenvalue weighted by molar-refractivity contribution is -0.132. The van der Waals surface area contributed by atoms with Crippen LogP contribution in [0.2, 0.25) is 0 Å². The Hall–Kier alpha value is -1.42. The van der Waals surface area contributed by atoms with E-state index in [4.69, 9.17) is 5.73 Å². The number of nitrogens with two attached hydrogens (primary N) is 1. The lowest BCUT2D eigenvalue weighted by Gasteiger charge is -2.26. The first-order chi connectivity index (χ1) is 8.58. The van der Waals surface area contributed by atoms with E-state index in [1.54, 1.807) is 13.0 Å². The van der Waals surface area contributed by atoms with E-state index in [-0.39, 0.29) is 17.8 Å². The minimum absolute atomic E-state index is 0.00565. The minimum Gasteiger partial charge on any atom is -0.338 e. The number of nitrogens with zero attached hydrogens (tertiary/aromatic N) is 1. The van der Waals surface area contributed by atoms with Crippen molar-refractivity contribution < 1.29 is 9.18 Å². The van der Waals surface area contributed by atoms with Crippen LogP contribution < -0.4 is 5.73 Å². The highest BCUT2D eigenvalue weighted by atomic mass is 19.1. The van der Waals surface area contributed by atoms with Gasteiger partial charge in [0.05, 0.1) is 6.04 Å². The zero-order valence-electron chi connectivity index (χ0n) is 10.6. The molecule has 3 nitrogen and oxygen atoms in total. The molecule has 2 atom stereocenters. The van der Waals surface area contributed by atoms with Gasteiger partial charge in [-0.15, -0.1) is 0 Å². The van der Waals surface area contributed by atoms with Crippen molar-refractivity contribution in [3.63, 3.8) is 0 Å². The van der Waals surface area contributed by atoms with Gasteiger partial charge in [-0.3, -0.25) is 4.79 Å². The highest BCUT2D eigenvalue weighted by molar-refractivity contribution is 5.81. The molecule has 0 radical (unpaired) electrons. The summed E-state index contributed by atoms with van der Waals surface area (Å²) < 4.78 is 13.1. The Bertz CT molecular complexity index is 434. The molecular weight excluding hydrogens is 231 g/mol. The van der Waals surface area contributed by atoms with Gasteiger partial charge in [0.2, 0.25) is 5.91 Å². The Balaban J connectivity index is 2.06. The number of hydrogen-bond acceptors (Lipinski definition) is 2. The van der Waals surface area contributed by atoms with E-state index in [1.165, 1.54) is 12.1 Å². The van der Waals surface area contributed by atoms with E-state index in [0.29, 0.717) is 6.42 Å². The molecule has 1 amide bonds. The maximum atomic E-state index is 13.1. The van der Waals surface area contributed by atoms with Gasteiger partial charge < -0.3 is 10.6 Å². The molecule has 0 spiro atoms. The van der Waals surface area contributed by atoms with Crippen molar-refractivity contribution in [2.45, 2.75) is 38.3 Å². The Kier molecular flexibility index (Phi) is 3.97. The summed E-state index contributed by atoms with van der Waals surface area (Å²) in [4.78, 5) is 13.8. The number of rotatable bonds is 3. The smallest absolute Gasteiger partial charge is 0.239 e. The Labute approximate surface area is 107 Å². The van der Waals surface area contributed by atoms with Gasteiger partial charge in [-0.25, -0.2) is 4.39 Å². The number of benzene rings is 1. The summed E-state index contributed by atoms with van der Waals surface area (Å²) in [7, 11) is 0. The molecule has 18 heavy (non-hydrogen) atoms. The lowest BCUT2D eigenvalue weighted by Crippen LogP contribution is -2.45. The summed E-state index contributed by atoms with van der Waals surface area (Å²) in [6.45, 7) is 2.47. The van der Waals surface area contributed by atoms with Crippen LogP contribution in [0.15, 0.2) is 24.3 Å². The maximum absolute atomic E-state index is 13.1. The molecular formula is C14H19FN2O. The fraction of sp³-hybridized carbons (Fsp3) is 0.500. The van der Waals surface area contributed by atoms with Crippen LogP contribution in [0.25, 0.3) is 0 Å². The summed E-state index contributed by atoms with van der Waals surface area (Å²) in [5.41, 5.74) is 6.58. The second-order valence-corrected chi connectivity index (χ2v) is 4.95. The average Bonchev–Trinajstić information content (AvgIpc) is 2.76. The summed E-state index contributed by atoms with van der Waals surface area (Å²) in [5, 5.41) is 0. The topological polar surface area (TPSA) is 46.3 Å². The van der Waals surface area contributed by atoms with E-state index in [2.05, 4.69) is 0 Å². The van der Waals surface area contributed by atoms with Crippen LogP contribution in [-0.2, 0) is 11.2 Å². The largest absolute Gasteiger partial charge is 0.338 e. The number of amides is 1. The molecule has 1 unspecified atom stereocenters. The molecule has 0 saturated carbocycles. The molecule has 1 aliphatic heterocycles. The van der Waals surface area contributed by atoms with Gasteiger partial charge in [-0.05, 0) is 43.9 Å². The van der Waals surface area contributed by atoms with Crippen LogP contribution in [-0.4, -0.2) is 29.4 Å². The average molecular weight is 250 g/mol. The zero-order chi connectivity index (χ0) is 13.1. The van der Waals surface area contributed by atoms with E-state index in [9.17, 15) is 9.18 Å². The quantitative estimate of drug-likeness (QED) is 0.887. The van der Waals surface area contributed by atoms with E-state index in [1.807, 2.05) is 11.0 Å². The predicted octanol–water partition coefficient (Wildman–Crippen LogP) is 1.71. The zero-order valence-corrected chi connectivity index (χ0v) is 10.6. The molecule has 1 fully saturated rings. The minimum atomic E-state index is -0.460. The first kappa shape index (κ1) is 13.0. The molecule has 1 aromatic rings. The van der Waals surface area contributed by atoms with Gasteiger partial charge in [0.1, 0.15) is 5.82 Å². The highest BCUT2D eigenvalue weighted by Crippen LogP contribution is 2.22. The number of carbonyl (C=O) groups is 1. The van der Waals surface area contributed by atoms with Crippen molar-refractivity contribution in [1.82, 2.24) is 4.90 Å². The molecule has 1 aliphatic rings. The normalized spacial score (nSPS) is 21.1. The molecule has 1 aromatic carbocycles. The van der Waals surface area contributed by atoms with Gasteiger partial charge >= 0.3 is 0 Å². The number of halogens is 1. The summed E-state index contributed by atoms with van der Waals surface area (Å²) in [6, 6.07) is 6.27. The fourth-order valence-electron chi connectivity index (χ4n) is 2.54. The number of hydrogen-bond donors (Lipinski definition) is 1. The Morgan fingerprint density at radius 3 is 3.06 bits per heavy atom. The monoisotopic (exact) mass is 250 g/mol. The molecule has 98 valence electrons. The molecule has 0 aromatic heterocycles. The van der Waals surface area contributed by atoms with Crippen molar-refractivity contribution in [2.75, 3.05) is 6.54 Å². The molecule has 0 aliphatic carbocycles. The SMILES string of the molecule is C[C@H](N)C(=O)N1CCCC1Cc1cccc(F)c1. The molecule has 1 saturated heterocycles. The summed E-state index contributed by atoms with van der Waals surface area (Å²) >= 11 is 0. The van der Waals surface area contributed by atoms with Crippen molar-refractivity contribution >= 4 is 5.91 Å². The van der Waals surface area contributed by atoms with Crippen LogP contribution in [0.1, 0.15) is 25.3 Å². The Morgan fingerprint density at radius 2 is 2.39 bits per heavy atom. The number of likely N-dealkylation sites (tertiary alicyclic amines) is 1. The molecule has 0 bridgehead atoms. The van der Waals surface area contributed by atoms with Gasteiger partial charge in [-0.2, -0.15) is 0 Å². The Morgan fingerprint density at radius 1 is 1.61 bits per heavy atom. The summed E-state index contributed by atoms with van der Waals surface area (Å²) in [5.74, 6) is -0.232. The standard InChI is InChI=1S/C14H19FN2O/c1-10(16)14(18)17-7-3-6-13(17)9-11-4-2-5-12(15)8-11/h2,4-5,8,10,13H,3,6-7,9,16H2,1H3/t10-,13?/m0/s1.